The van der Waals surface area contributed by atoms with Gasteiger partial charge in [0.05, 0.1) is 12.6 Å². The highest BCUT2D eigenvalue weighted by Gasteiger charge is 2.39. The lowest BCUT2D eigenvalue weighted by atomic mass is 9.82. The van der Waals surface area contributed by atoms with Gasteiger partial charge >= 0.3 is 0 Å². The van der Waals surface area contributed by atoms with Crippen molar-refractivity contribution < 1.29 is 14.3 Å². The molecule has 2 amide bonds. The SMILES string of the molecule is CC(=O)N1CC2CC(c3ccc(CCOc4cc(C)ccc4C)cc3)=C(C(=O)N(C)CCc3ccccc3)C(C1)N2. The molecule has 2 atom stereocenters. The molecule has 2 heterocycles. The van der Waals surface area contributed by atoms with Gasteiger partial charge in [0.15, 0.2) is 0 Å². The third-order valence-electron chi connectivity index (χ3n) is 8.30. The van der Waals surface area contributed by atoms with Gasteiger partial charge in [-0.1, -0.05) is 66.7 Å². The van der Waals surface area contributed by atoms with E-state index in [-0.39, 0.29) is 23.9 Å². The molecule has 2 bridgehead atoms. The van der Waals surface area contributed by atoms with Gasteiger partial charge in [0, 0.05) is 51.6 Å². The second-order valence-corrected chi connectivity index (χ2v) is 11.5. The van der Waals surface area contributed by atoms with Crippen LogP contribution in [0.2, 0.25) is 0 Å². The van der Waals surface area contributed by atoms with Gasteiger partial charge in [0.1, 0.15) is 5.75 Å². The fourth-order valence-electron chi connectivity index (χ4n) is 5.89. The van der Waals surface area contributed by atoms with E-state index in [1.54, 1.807) is 6.92 Å². The van der Waals surface area contributed by atoms with Gasteiger partial charge in [-0.25, -0.2) is 0 Å². The zero-order valence-electron chi connectivity index (χ0n) is 24.7. The van der Waals surface area contributed by atoms with Crippen LogP contribution in [0.1, 0.15) is 41.2 Å². The van der Waals surface area contributed by atoms with Crippen molar-refractivity contribution in [2.45, 2.75) is 52.1 Å². The molecule has 0 spiro atoms. The first-order chi connectivity index (χ1) is 19.8. The molecule has 6 heteroatoms. The molecule has 2 aliphatic heterocycles. The van der Waals surface area contributed by atoms with E-state index in [1.807, 2.05) is 35.0 Å². The third-order valence-corrected chi connectivity index (χ3v) is 8.30. The number of carbonyl (C=O) groups is 2. The summed E-state index contributed by atoms with van der Waals surface area (Å²) < 4.78 is 6.08. The summed E-state index contributed by atoms with van der Waals surface area (Å²) in [6.45, 7) is 8.17. The Labute approximate surface area is 244 Å². The number of benzene rings is 3. The van der Waals surface area contributed by atoms with Crippen LogP contribution < -0.4 is 10.1 Å². The predicted molar refractivity (Wildman–Crippen MR) is 164 cm³/mol. The average Bonchev–Trinajstić information content (AvgIpc) is 2.97. The summed E-state index contributed by atoms with van der Waals surface area (Å²) in [6, 6.07) is 25.1. The van der Waals surface area contributed by atoms with E-state index in [9.17, 15) is 9.59 Å². The molecular weight excluding hydrogens is 510 g/mol. The van der Waals surface area contributed by atoms with Gasteiger partial charge in [-0.2, -0.15) is 0 Å². The molecule has 6 nitrogen and oxygen atoms in total. The van der Waals surface area contributed by atoms with Gasteiger partial charge in [0.2, 0.25) is 5.91 Å². The van der Waals surface area contributed by atoms with E-state index >= 15 is 0 Å². The van der Waals surface area contributed by atoms with E-state index < -0.39 is 0 Å². The second kappa shape index (κ2) is 12.7. The Morgan fingerprint density at radius 2 is 1.68 bits per heavy atom. The van der Waals surface area contributed by atoms with Crippen LogP contribution in [0.15, 0.2) is 78.4 Å². The van der Waals surface area contributed by atoms with Crippen LogP contribution in [0, 0.1) is 13.8 Å². The summed E-state index contributed by atoms with van der Waals surface area (Å²) in [5.41, 5.74) is 7.70. The maximum atomic E-state index is 14.0. The van der Waals surface area contributed by atoms with Crippen molar-refractivity contribution in [2.24, 2.45) is 0 Å². The van der Waals surface area contributed by atoms with Gasteiger partial charge in [-0.15, -0.1) is 0 Å². The Bertz CT molecular complexity index is 1410. The van der Waals surface area contributed by atoms with Crippen molar-refractivity contribution in [1.82, 2.24) is 15.1 Å². The number of fused-ring (bicyclic) bond motifs is 2. The summed E-state index contributed by atoms with van der Waals surface area (Å²) in [7, 11) is 1.88. The molecule has 2 unspecified atom stereocenters. The molecule has 41 heavy (non-hydrogen) atoms. The van der Waals surface area contributed by atoms with Crippen molar-refractivity contribution >= 4 is 17.4 Å². The monoisotopic (exact) mass is 551 g/mol. The van der Waals surface area contributed by atoms with Crippen LogP contribution >= 0.6 is 0 Å². The molecular formula is C35H41N3O3. The molecule has 1 saturated heterocycles. The van der Waals surface area contributed by atoms with Crippen LogP contribution in [0.3, 0.4) is 0 Å². The largest absolute Gasteiger partial charge is 0.493 e. The molecule has 0 radical (unpaired) electrons. The quantitative estimate of drug-likeness (QED) is 0.408. The first kappa shape index (κ1) is 28.6. The highest BCUT2D eigenvalue weighted by atomic mass is 16.5. The number of likely N-dealkylation sites (N-methyl/N-ethyl adjacent to an activating group) is 1. The zero-order chi connectivity index (χ0) is 28.9. The Morgan fingerprint density at radius 3 is 2.41 bits per heavy atom. The van der Waals surface area contributed by atoms with Crippen molar-refractivity contribution in [3.05, 3.63) is 106 Å². The lowest BCUT2D eigenvalue weighted by molar-refractivity contribution is -0.132. The van der Waals surface area contributed by atoms with Crippen LogP contribution in [0.4, 0.5) is 0 Å². The third kappa shape index (κ3) is 6.88. The molecule has 5 rings (SSSR count). The van der Waals surface area contributed by atoms with E-state index in [0.29, 0.717) is 32.7 Å². The molecule has 1 N–H and O–H groups in total. The van der Waals surface area contributed by atoms with Crippen LogP contribution in [-0.2, 0) is 22.4 Å². The number of aryl methyl sites for hydroxylation is 2. The lowest BCUT2D eigenvalue weighted by Gasteiger charge is -2.44. The number of carbonyl (C=O) groups excluding carboxylic acids is 2. The fourth-order valence-corrected chi connectivity index (χ4v) is 5.89. The highest BCUT2D eigenvalue weighted by molar-refractivity contribution is 6.03. The summed E-state index contributed by atoms with van der Waals surface area (Å²) >= 11 is 0. The van der Waals surface area contributed by atoms with E-state index in [0.717, 1.165) is 40.9 Å². The van der Waals surface area contributed by atoms with Gasteiger partial charge < -0.3 is 19.9 Å². The second-order valence-electron chi connectivity index (χ2n) is 11.5. The van der Waals surface area contributed by atoms with Crippen molar-refractivity contribution in [1.29, 1.82) is 0 Å². The standard InChI is InChI=1S/C35H41N3O3/c1-24-10-11-25(2)33(20-24)41-19-17-28-12-14-29(15-13-28)31-21-30-22-38(26(3)39)23-32(36-30)34(31)35(40)37(4)18-16-27-8-6-5-7-9-27/h5-15,20,30,32,36H,16-19,21-23H2,1-4H3. The van der Waals surface area contributed by atoms with Gasteiger partial charge in [0.25, 0.3) is 5.91 Å². The van der Waals surface area contributed by atoms with E-state index in [2.05, 4.69) is 73.8 Å². The van der Waals surface area contributed by atoms with Crippen LogP contribution in [0.25, 0.3) is 5.57 Å². The molecule has 0 saturated carbocycles. The maximum Gasteiger partial charge on any atom is 0.251 e. The lowest BCUT2D eigenvalue weighted by Crippen LogP contribution is -2.61. The molecule has 0 aromatic heterocycles. The minimum Gasteiger partial charge on any atom is -0.493 e. The fraction of sp³-hybridized carbons (Fsp3) is 0.371. The van der Waals surface area contributed by atoms with E-state index in [4.69, 9.17) is 4.74 Å². The predicted octanol–water partition coefficient (Wildman–Crippen LogP) is 4.97. The maximum absolute atomic E-state index is 14.0. The molecule has 0 aliphatic carbocycles. The van der Waals surface area contributed by atoms with E-state index in [1.165, 1.54) is 16.7 Å². The normalized spacial score (nSPS) is 18.3. The average molecular weight is 552 g/mol. The number of piperazine rings is 1. The van der Waals surface area contributed by atoms with Crippen LogP contribution in [0.5, 0.6) is 5.75 Å². The topological polar surface area (TPSA) is 61.9 Å². The van der Waals surface area contributed by atoms with Gasteiger partial charge in [-0.05, 0) is 66.1 Å². The summed E-state index contributed by atoms with van der Waals surface area (Å²) in [4.78, 5) is 30.0. The first-order valence-electron chi connectivity index (χ1n) is 14.6. The Kier molecular flexibility index (Phi) is 8.89. The highest BCUT2D eigenvalue weighted by Crippen LogP contribution is 2.34. The number of nitrogens with zero attached hydrogens (tertiary/aromatic N) is 2. The molecule has 1 fully saturated rings. The first-order valence-corrected chi connectivity index (χ1v) is 14.6. The smallest absolute Gasteiger partial charge is 0.251 e. The Morgan fingerprint density at radius 1 is 0.951 bits per heavy atom. The molecule has 3 aromatic carbocycles. The number of nitrogens with one attached hydrogen (secondary N) is 1. The minimum absolute atomic E-state index is 0.0308. The number of hydrogen-bond donors (Lipinski definition) is 1. The minimum atomic E-state index is -0.182. The van der Waals surface area contributed by atoms with Gasteiger partial charge in [-0.3, -0.25) is 9.59 Å². The molecule has 3 aromatic rings. The van der Waals surface area contributed by atoms with Crippen molar-refractivity contribution in [3.8, 4) is 5.75 Å². The molecule has 2 aliphatic rings. The summed E-state index contributed by atoms with van der Waals surface area (Å²) in [5.74, 6) is 1.03. The summed E-state index contributed by atoms with van der Waals surface area (Å²) in [5, 5.41) is 3.64. The number of amides is 2. The van der Waals surface area contributed by atoms with Crippen molar-refractivity contribution in [2.75, 3.05) is 33.3 Å². The van der Waals surface area contributed by atoms with Crippen molar-refractivity contribution in [3.63, 3.8) is 0 Å². The number of hydrogen-bond acceptors (Lipinski definition) is 4. The number of ether oxygens (including phenoxy) is 1. The zero-order valence-corrected chi connectivity index (χ0v) is 24.7. The Balaban J connectivity index is 1.34. The summed E-state index contributed by atoms with van der Waals surface area (Å²) in [6.07, 6.45) is 2.31. The molecule has 214 valence electrons. The number of rotatable bonds is 9. The van der Waals surface area contributed by atoms with Crippen LogP contribution in [-0.4, -0.2) is 67.0 Å². The Hall–Kier alpha value is -3.90.